The van der Waals surface area contributed by atoms with Crippen molar-refractivity contribution in [2.45, 2.75) is 18.9 Å². The van der Waals surface area contributed by atoms with Crippen molar-refractivity contribution in [3.8, 4) is 0 Å². The minimum absolute atomic E-state index is 0.0999. The average molecular weight is 443 g/mol. The number of carbonyl (C=O) groups is 2. The van der Waals surface area contributed by atoms with E-state index in [0.717, 1.165) is 6.42 Å². The quantitative estimate of drug-likeness (QED) is 0.710. The van der Waals surface area contributed by atoms with Crippen molar-refractivity contribution in [1.82, 2.24) is 5.32 Å². The maximum Gasteiger partial charge on any atom is 0.254 e. The smallest absolute Gasteiger partial charge is 0.254 e. The summed E-state index contributed by atoms with van der Waals surface area (Å²) in [5, 5.41) is 3.34. The fraction of sp³-hybridized carbons (Fsp3) is 0.294. The zero-order valence-corrected chi connectivity index (χ0v) is 15.5. The highest BCUT2D eigenvalue weighted by atomic mass is 127. The number of benzene rings is 1. The Kier molecular flexibility index (Phi) is 4.77. The third-order valence-electron chi connectivity index (χ3n) is 4.18. The number of anilines is 1. The second-order valence-electron chi connectivity index (χ2n) is 5.76. The molecule has 1 aliphatic carbocycles. The van der Waals surface area contributed by atoms with Crippen molar-refractivity contribution < 1.29 is 9.59 Å². The molecule has 0 saturated heterocycles. The Bertz CT molecular complexity index is 729. The Balaban J connectivity index is 1.84. The van der Waals surface area contributed by atoms with Crippen LogP contribution < -0.4 is 10.2 Å². The fourth-order valence-corrected chi connectivity index (χ4v) is 3.54. The molecule has 1 aromatic rings. The van der Waals surface area contributed by atoms with E-state index in [4.69, 9.17) is 11.6 Å². The third-order valence-corrected chi connectivity index (χ3v) is 5.22. The van der Waals surface area contributed by atoms with Gasteiger partial charge >= 0.3 is 0 Å². The molecule has 2 aliphatic rings. The average Bonchev–Trinajstić information content (AvgIpc) is 2.61. The van der Waals surface area contributed by atoms with Crippen LogP contribution in [0.5, 0.6) is 0 Å². The van der Waals surface area contributed by atoms with Gasteiger partial charge in [0.1, 0.15) is 6.04 Å². The predicted octanol–water partition coefficient (Wildman–Crippen LogP) is 3.70. The van der Waals surface area contributed by atoms with E-state index >= 15 is 0 Å². The normalized spacial score (nSPS) is 24.0. The zero-order valence-electron chi connectivity index (χ0n) is 12.6. The molecule has 6 heteroatoms. The first-order valence-electron chi connectivity index (χ1n) is 7.37. The van der Waals surface area contributed by atoms with Crippen molar-refractivity contribution in [2.24, 2.45) is 5.92 Å². The molecule has 2 atom stereocenters. The fourth-order valence-electron chi connectivity index (χ4n) is 2.91. The number of amides is 2. The summed E-state index contributed by atoms with van der Waals surface area (Å²) >= 11 is 8.26. The van der Waals surface area contributed by atoms with E-state index in [0.29, 0.717) is 22.7 Å². The predicted molar refractivity (Wildman–Crippen MR) is 100 cm³/mol. The van der Waals surface area contributed by atoms with Gasteiger partial charge in [-0.3, -0.25) is 9.59 Å². The Labute approximate surface area is 153 Å². The van der Waals surface area contributed by atoms with Crippen LogP contribution in [0.2, 0.25) is 5.02 Å². The van der Waals surface area contributed by atoms with Crippen LogP contribution in [-0.4, -0.2) is 24.9 Å². The van der Waals surface area contributed by atoms with Crippen molar-refractivity contribution in [3.63, 3.8) is 0 Å². The van der Waals surface area contributed by atoms with E-state index in [-0.39, 0.29) is 17.7 Å². The van der Waals surface area contributed by atoms with Crippen molar-refractivity contribution in [3.05, 3.63) is 50.6 Å². The van der Waals surface area contributed by atoms with Crippen LogP contribution in [0.25, 0.3) is 0 Å². The first kappa shape index (κ1) is 16.5. The maximum absolute atomic E-state index is 12.7. The van der Waals surface area contributed by atoms with Gasteiger partial charge in [0.05, 0.1) is 11.3 Å². The van der Waals surface area contributed by atoms with E-state index in [1.807, 2.05) is 0 Å². The van der Waals surface area contributed by atoms with Gasteiger partial charge in [0.25, 0.3) is 5.91 Å². The molecule has 23 heavy (non-hydrogen) atoms. The first-order chi connectivity index (χ1) is 11.0. The maximum atomic E-state index is 12.7. The summed E-state index contributed by atoms with van der Waals surface area (Å²) in [6, 6.07) is 4.47. The van der Waals surface area contributed by atoms with Gasteiger partial charge < -0.3 is 10.2 Å². The number of nitrogens with zero attached hydrogens (tertiary/aromatic N) is 1. The monoisotopic (exact) mass is 442 g/mol. The number of rotatable bonds is 2. The van der Waals surface area contributed by atoms with Crippen molar-refractivity contribution >= 4 is 51.7 Å². The molecule has 4 nitrogen and oxygen atoms in total. The molecule has 1 aromatic carbocycles. The molecule has 0 saturated carbocycles. The van der Waals surface area contributed by atoms with Crippen molar-refractivity contribution in [1.29, 1.82) is 0 Å². The summed E-state index contributed by atoms with van der Waals surface area (Å²) in [5.74, 6) is -0.104. The molecular weight excluding hydrogens is 427 g/mol. The lowest BCUT2D eigenvalue weighted by molar-refractivity contribution is -0.120. The topological polar surface area (TPSA) is 49.4 Å². The van der Waals surface area contributed by atoms with Gasteiger partial charge in [0.15, 0.2) is 0 Å². The summed E-state index contributed by atoms with van der Waals surface area (Å²) in [6.07, 6.45) is 7.78. The van der Waals surface area contributed by atoms with Gasteiger partial charge in [-0.05, 0) is 59.5 Å². The molecule has 1 N–H and O–H groups in total. The third kappa shape index (κ3) is 3.45. The number of carbonyl (C=O) groups excluding carboxylic acids is 2. The lowest BCUT2D eigenvalue weighted by Crippen LogP contribution is -2.45. The molecule has 2 amide bonds. The molecule has 0 radical (unpaired) electrons. The van der Waals surface area contributed by atoms with Gasteiger partial charge in [-0.15, -0.1) is 0 Å². The summed E-state index contributed by atoms with van der Waals surface area (Å²) < 4.78 is 1.20. The number of fused-ring (bicyclic) bond motifs is 1. The number of hydrogen-bond donors (Lipinski definition) is 1. The largest absolute Gasteiger partial charge is 0.340 e. The van der Waals surface area contributed by atoms with E-state index in [1.54, 1.807) is 30.1 Å². The summed E-state index contributed by atoms with van der Waals surface area (Å²) in [7, 11) is 1.70. The highest BCUT2D eigenvalue weighted by Gasteiger charge is 2.33. The molecular formula is C17H16ClIN2O2. The molecule has 0 aromatic heterocycles. The number of likely N-dealkylation sites (N-methyl/N-ethyl adjacent to an activating group) is 1. The SMILES string of the molecule is CN1C(=O)[C@@H](CC2C=CC(I)=CC2)NC(=O)c2cc(Cl)ccc21. The summed E-state index contributed by atoms with van der Waals surface area (Å²) in [6.45, 7) is 0. The number of halogens is 2. The highest BCUT2D eigenvalue weighted by molar-refractivity contribution is 14.1. The molecule has 0 fully saturated rings. The summed E-state index contributed by atoms with van der Waals surface area (Å²) in [4.78, 5) is 26.7. The Hall–Kier alpha value is -1.34. The second kappa shape index (κ2) is 6.65. The molecule has 1 aliphatic heterocycles. The molecule has 120 valence electrons. The zero-order chi connectivity index (χ0) is 16.6. The van der Waals surface area contributed by atoms with Crippen LogP contribution in [0.3, 0.4) is 0 Å². The van der Waals surface area contributed by atoms with Crippen LogP contribution in [0.1, 0.15) is 23.2 Å². The Morgan fingerprint density at radius 3 is 2.87 bits per heavy atom. The number of nitrogens with one attached hydrogen (secondary N) is 1. The van der Waals surface area contributed by atoms with Crippen LogP contribution in [0.15, 0.2) is 40.0 Å². The van der Waals surface area contributed by atoms with Gasteiger partial charge in [0.2, 0.25) is 5.91 Å². The molecule has 0 bridgehead atoms. The Morgan fingerprint density at radius 1 is 1.39 bits per heavy atom. The van der Waals surface area contributed by atoms with Crippen LogP contribution in [-0.2, 0) is 4.79 Å². The van der Waals surface area contributed by atoms with Gasteiger partial charge in [-0.2, -0.15) is 0 Å². The number of allylic oxidation sites excluding steroid dienone is 4. The van der Waals surface area contributed by atoms with Gasteiger partial charge in [-0.1, -0.05) is 29.8 Å². The van der Waals surface area contributed by atoms with E-state index in [1.165, 1.54) is 3.58 Å². The minimum atomic E-state index is -0.530. The van der Waals surface area contributed by atoms with E-state index in [2.05, 4.69) is 46.1 Å². The number of hydrogen-bond acceptors (Lipinski definition) is 2. The lowest BCUT2D eigenvalue weighted by Gasteiger charge is -2.24. The van der Waals surface area contributed by atoms with E-state index < -0.39 is 6.04 Å². The van der Waals surface area contributed by atoms with Crippen LogP contribution in [0, 0.1) is 5.92 Å². The first-order valence-corrected chi connectivity index (χ1v) is 8.83. The lowest BCUT2D eigenvalue weighted by atomic mass is 9.93. The molecule has 1 heterocycles. The van der Waals surface area contributed by atoms with Gasteiger partial charge in [0, 0.05) is 15.7 Å². The van der Waals surface area contributed by atoms with Crippen molar-refractivity contribution in [2.75, 3.05) is 11.9 Å². The molecule has 3 rings (SSSR count). The van der Waals surface area contributed by atoms with Gasteiger partial charge in [-0.25, -0.2) is 0 Å². The summed E-state index contributed by atoms with van der Waals surface area (Å²) in [5.41, 5.74) is 1.03. The standard InChI is InChI=1S/C17H16ClIN2O2/c1-21-15-7-4-11(18)9-13(15)16(22)20-14(17(21)23)8-10-2-5-12(19)6-3-10/h2,4-7,9-10,14H,3,8H2,1H3,(H,20,22)/t10?,14-/m1/s1. The Morgan fingerprint density at radius 2 is 2.17 bits per heavy atom. The molecule has 0 spiro atoms. The van der Waals surface area contributed by atoms with Crippen LogP contribution >= 0.6 is 34.2 Å². The van der Waals surface area contributed by atoms with Crippen LogP contribution in [0.4, 0.5) is 5.69 Å². The van der Waals surface area contributed by atoms with E-state index in [9.17, 15) is 9.59 Å². The highest BCUT2D eigenvalue weighted by Crippen LogP contribution is 2.29. The minimum Gasteiger partial charge on any atom is -0.340 e. The second-order valence-corrected chi connectivity index (χ2v) is 7.45. The molecule has 1 unspecified atom stereocenters.